The van der Waals surface area contributed by atoms with Crippen LogP contribution in [0.3, 0.4) is 0 Å². The van der Waals surface area contributed by atoms with Crippen LogP contribution in [-0.2, 0) is 23.1 Å². The van der Waals surface area contributed by atoms with E-state index in [1.54, 1.807) is 46.5 Å². The van der Waals surface area contributed by atoms with Gasteiger partial charge in [-0.2, -0.15) is 10.2 Å². The molecule has 0 atom stereocenters. The third kappa shape index (κ3) is 3.03. The van der Waals surface area contributed by atoms with E-state index >= 15 is 0 Å². The molecule has 0 N–H and O–H groups in total. The summed E-state index contributed by atoms with van der Waals surface area (Å²) in [5, 5.41) is 10.1. The van der Waals surface area contributed by atoms with Crippen molar-refractivity contribution in [2.45, 2.75) is 18.4 Å². The van der Waals surface area contributed by atoms with Gasteiger partial charge in [0.2, 0.25) is 0 Å². The van der Waals surface area contributed by atoms with Crippen LogP contribution in [0.1, 0.15) is 6.92 Å². The smallest absolute Gasteiger partial charge is 0.327 e. The molecule has 4 aromatic rings. The molecule has 0 aliphatic rings. The Kier molecular flexibility index (Phi) is 4.80. The van der Waals surface area contributed by atoms with E-state index in [4.69, 9.17) is 4.74 Å². The Balaban J connectivity index is 1.91. The van der Waals surface area contributed by atoms with Gasteiger partial charge in [0.15, 0.2) is 0 Å². The van der Waals surface area contributed by atoms with Crippen LogP contribution in [-0.4, -0.2) is 38.4 Å². The van der Waals surface area contributed by atoms with E-state index in [0.717, 1.165) is 32.3 Å². The van der Waals surface area contributed by atoms with Crippen LogP contribution in [0.25, 0.3) is 32.9 Å². The number of thioether (sulfide) groups is 1. The number of rotatable bonds is 5. The zero-order chi connectivity index (χ0) is 19.8. The summed E-state index contributed by atoms with van der Waals surface area (Å²) >= 11 is 1.55. The highest BCUT2D eigenvalue weighted by Gasteiger charge is 2.18. The highest BCUT2D eigenvalue weighted by molar-refractivity contribution is 7.98. The van der Waals surface area contributed by atoms with Gasteiger partial charge in [-0.05, 0) is 36.9 Å². The van der Waals surface area contributed by atoms with Gasteiger partial charge < -0.3 is 4.74 Å². The molecule has 0 bridgehead atoms. The van der Waals surface area contributed by atoms with E-state index < -0.39 is 0 Å². The number of esters is 1. The lowest BCUT2D eigenvalue weighted by atomic mass is 10.00. The molecule has 0 saturated carbocycles. The molecule has 8 heteroatoms. The first-order valence-electron chi connectivity index (χ1n) is 8.83. The van der Waals surface area contributed by atoms with E-state index in [2.05, 4.69) is 10.2 Å². The molecular weight excluding hydrogens is 379 g/mol. The van der Waals surface area contributed by atoms with E-state index in [-0.39, 0.29) is 18.3 Å². The number of halogens is 1. The summed E-state index contributed by atoms with van der Waals surface area (Å²) in [6.07, 6.45) is 5.28. The first kappa shape index (κ1) is 18.5. The lowest BCUT2D eigenvalue weighted by Gasteiger charge is -2.11. The predicted octanol–water partition coefficient (Wildman–Crippen LogP) is 4.01. The monoisotopic (exact) mass is 398 g/mol. The number of fused-ring (bicyclic) bond motifs is 2. The lowest BCUT2D eigenvalue weighted by Crippen LogP contribution is -2.14. The molecule has 0 aliphatic carbocycles. The van der Waals surface area contributed by atoms with Crippen LogP contribution in [0.2, 0.25) is 0 Å². The van der Waals surface area contributed by atoms with Crippen LogP contribution in [0.4, 0.5) is 4.39 Å². The second kappa shape index (κ2) is 7.27. The normalized spacial score (nSPS) is 11.4. The van der Waals surface area contributed by atoms with Gasteiger partial charge in [-0.25, -0.2) is 4.39 Å². The van der Waals surface area contributed by atoms with Crippen molar-refractivity contribution in [3.8, 4) is 11.1 Å². The quantitative estimate of drug-likeness (QED) is 0.375. The summed E-state index contributed by atoms with van der Waals surface area (Å²) in [6.45, 7) is 2.09. The second-order valence-electron chi connectivity index (χ2n) is 6.34. The van der Waals surface area contributed by atoms with Crippen molar-refractivity contribution in [1.82, 2.24) is 19.6 Å². The van der Waals surface area contributed by atoms with Crippen molar-refractivity contribution in [3.63, 3.8) is 0 Å². The van der Waals surface area contributed by atoms with Crippen molar-refractivity contribution in [3.05, 3.63) is 42.5 Å². The van der Waals surface area contributed by atoms with E-state index in [1.807, 2.05) is 25.4 Å². The van der Waals surface area contributed by atoms with Crippen molar-refractivity contribution >= 4 is 39.5 Å². The molecule has 0 amide bonds. The summed E-state index contributed by atoms with van der Waals surface area (Å²) in [5.41, 5.74) is 2.84. The number of hydrogen-bond acceptors (Lipinski definition) is 5. The second-order valence-corrected chi connectivity index (χ2v) is 7.19. The average Bonchev–Trinajstić information content (AvgIpc) is 3.25. The fourth-order valence-electron chi connectivity index (χ4n) is 3.40. The van der Waals surface area contributed by atoms with Crippen LogP contribution in [0.15, 0.2) is 41.6 Å². The number of nitrogens with zero attached hydrogens (tertiary/aromatic N) is 4. The van der Waals surface area contributed by atoms with Crippen LogP contribution >= 0.6 is 11.8 Å². The molecule has 6 nitrogen and oxygen atoms in total. The fourth-order valence-corrected chi connectivity index (χ4v) is 4.01. The number of aromatic nitrogens is 4. The molecule has 0 aliphatic heterocycles. The number of benzene rings is 2. The molecule has 0 radical (unpaired) electrons. The van der Waals surface area contributed by atoms with E-state index in [0.29, 0.717) is 12.2 Å². The van der Waals surface area contributed by atoms with Gasteiger partial charge in [0, 0.05) is 28.3 Å². The summed E-state index contributed by atoms with van der Waals surface area (Å²) in [5.74, 6) is -0.677. The number of carbonyl (C=O) groups is 1. The zero-order valence-corrected chi connectivity index (χ0v) is 16.6. The Morgan fingerprint density at radius 2 is 2.04 bits per heavy atom. The SMILES string of the molecule is CCOC(=O)Cn1ncc2c(-c3cc4c(cnn4C)cc3F)ccc(SC)c21. The summed E-state index contributed by atoms with van der Waals surface area (Å²) < 4.78 is 23.3. The Bertz CT molecular complexity index is 1200. The van der Waals surface area contributed by atoms with E-state index in [1.165, 1.54) is 6.07 Å². The molecule has 2 aromatic heterocycles. The van der Waals surface area contributed by atoms with Crippen LogP contribution in [0.5, 0.6) is 0 Å². The highest BCUT2D eigenvalue weighted by atomic mass is 32.2. The van der Waals surface area contributed by atoms with Gasteiger partial charge in [0.1, 0.15) is 12.4 Å². The van der Waals surface area contributed by atoms with Gasteiger partial charge in [-0.1, -0.05) is 6.07 Å². The zero-order valence-electron chi connectivity index (χ0n) is 15.8. The predicted molar refractivity (Wildman–Crippen MR) is 108 cm³/mol. The first-order valence-corrected chi connectivity index (χ1v) is 10.1. The largest absolute Gasteiger partial charge is 0.465 e. The summed E-state index contributed by atoms with van der Waals surface area (Å²) in [4.78, 5) is 12.9. The molecule has 144 valence electrons. The van der Waals surface area contributed by atoms with Gasteiger partial charge in [0.05, 0.1) is 30.0 Å². The van der Waals surface area contributed by atoms with Crippen molar-refractivity contribution < 1.29 is 13.9 Å². The molecule has 4 rings (SSSR count). The highest BCUT2D eigenvalue weighted by Crippen LogP contribution is 2.36. The van der Waals surface area contributed by atoms with Gasteiger partial charge in [-0.15, -0.1) is 11.8 Å². The van der Waals surface area contributed by atoms with E-state index in [9.17, 15) is 9.18 Å². The Hall–Kier alpha value is -2.87. The summed E-state index contributed by atoms with van der Waals surface area (Å²) in [6, 6.07) is 7.12. The Morgan fingerprint density at radius 1 is 1.21 bits per heavy atom. The molecule has 28 heavy (non-hydrogen) atoms. The standard InChI is InChI=1S/C20H19FN4O2S/c1-4-27-19(26)11-25-20-15(10-23-25)13(5-6-18(20)28-3)14-8-17-12(7-16(14)21)9-22-24(17)2/h5-10H,4,11H2,1-3H3. The van der Waals surface area contributed by atoms with Crippen molar-refractivity contribution in [2.75, 3.05) is 12.9 Å². The fraction of sp³-hybridized carbons (Fsp3) is 0.250. The first-order chi connectivity index (χ1) is 13.5. The van der Waals surface area contributed by atoms with Crippen LogP contribution in [0, 0.1) is 5.82 Å². The van der Waals surface area contributed by atoms with Gasteiger partial charge in [0.25, 0.3) is 0 Å². The number of ether oxygens (including phenoxy) is 1. The molecule has 0 saturated heterocycles. The topological polar surface area (TPSA) is 61.9 Å². The maximum absolute atomic E-state index is 14.9. The molecular formula is C20H19FN4O2S. The van der Waals surface area contributed by atoms with Crippen molar-refractivity contribution in [2.24, 2.45) is 7.05 Å². The number of carbonyl (C=O) groups excluding carboxylic acids is 1. The Morgan fingerprint density at radius 3 is 2.79 bits per heavy atom. The molecule has 0 unspecified atom stereocenters. The maximum atomic E-state index is 14.9. The Labute approximate surface area is 165 Å². The molecule has 2 heterocycles. The number of aryl methyl sites for hydroxylation is 1. The number of hydrogen-bond donors (Lipinski definition) is 0. The summed E-state index contributed by atoms with van der Waals surface area (Å²) in [7, 11) is 1.83. The third-order valence-electron chi connectivity index (χ3n) is 4.69. The third-order valence-corrected chi connectivity index (χ3v) is 5.46. The molecule has 0 spiro atoms. The maximum Gasteiger partial charge on any atom is 0.327 e. The molecule has 2 aromatic carbocycles. The van der Waals surface area contributed by atoms with Crippen molar-refractivity contribution in [1.29, 1.82) is 0 Å². The molecule has 0 fully saturated rings. The minimum Gasteiger partial charge on any atom is -0.465 e. The minimum absolute atomic E-state index is 0.0115. The average molecular weight is 398 g/mol. The van der Waals surface area contributed by atoms with Gasteiger partial charge in [-0.3, -0.25) is 14.2 Å². The minimum atomic E-state index is -0.354. The van der Waals surface area contributed by atoms with Crippen LogP contribution < -0.4 is 0 Å². The lowest BCUT2D eigenvalue weighted by molar-refractivity contribution is -0.143. The van der Waals surface area contributed by atoms with Gasteiger partial charge >= 0.3 is 5.97 Å².